The van der Waals surface area contributed by atoms with Crippen molar-refractivity contribution in [2.24, 2.45) is 0 Å². The highest BCUT2D eigenvalue weighted by molar-refractivity contribution is 5.78. The first kappa shape index (κ1) is 20.3. The van der Waals surface area contributed by atoms with Crippen molar-refractivity contribution in [2.75, 3.05) is 19.8 Å². The van der Waals surface area contributed by atoms with Crippen LogP contribution in [0.4, 0.5) is 0 Å². The van der Waals surface area contributed by atoms with Gasteiger partial charge in [0.2, 0.25) is 0 Å². The van der Waals surface area contributed by atoms with Gasteiger partial charge in [-0.25, -0.2) is 0 Å². The molecule has 5 heteroatoms. The topological polar surface area (TPSA) is 64.2 Å². The Morgan fingerprint density at radius 3 is 2.54 bits per heavy atom. The van der Waals surface area contributed by atoms with Crippen molar-refractivity contribution in [3.8, 4) is 11.5 Å². The minimum atomic E-state index is -0.263. The number of quaternary nitrogens is 1. The number of amides is 1. The number of benzene rings is 1. The number of nitrogens with one attached hydrogen (secondary N) is 1. The second kappa shape index (κ2) is 10.2. The maximum Gasteiger partial charge on any atom is 0.258 e. The molecule has 0 aliphatic heterocycles. The standard InChI is InChI=1S/C19H32N2O3/c1-6-8-11-20-13-15-9-10-16(17(12-15)23-7-2)24-14-18(22)21-19(3,4)5/h9-10,12,20H,6-8,11,13-14H2,1-5H3,(H,21,22)/p+1. The molecule has 0 heterocycles. The number of unbranched alkanes of at least 4 members (excludes halogenated alkanes) is 1. The lowest BCUT2D eigenvalue weighted by Gasteiger charge is -2.20. The second-order valence-electron chi connectivity index (χ2n) is 6.94. The highest BCUT2D eigenvalue weighted by Gasteiger charge is 2.15. The lowest BCUT2D eigenvalue weighted by Crippen LogP contribution is -2.82. The zero-order valence-electron chi connectivity index (χ0n) is 15.8. The molecule has 0 aliphatic carbocycles. The van der Waals surface area contributed by atoms with Crippen molar-refractivity contribution in [2.45, 2.75) is 59.5 Å². The molecule has 0 unspecified atom stereocenters. The smallest absolute Gasteiger partial charge is 0.258 e. The number of carbonyl (C=O) groups is 1. The molecule has 0 fully saturated rings. The van der Waals surface area contributed by atoms with Gasteiger partial charge in [0.25, 0.3) is 5.91 Å². The summed E-state index contributed by atoms with van der Waals surface area (Å²) in [5.41, 5.74) is 0.933. The van der Waals surface area contributed by atoms with Gasteiger partial charge in [0, 0.05) is 11.1 Å². The number of nitrogens with two attached hydrogens (primary N) is 1. The van der Waals surface area contributed by atoms with Crippen LogP contribution in [0, 0.1) is 0 Å². The number of hydrogen-bond donors (Lipinski definition) is 2. The van der Waals surface area contributed by atoms with E-state index in [-0.39, 0.29) is 18.1 Å². The van der Waals surface area contributed by atoms with E-state index < -0.39 is 0 Å². The summed E-state index contributed by atoms with van der Waals surface area (Å²) in [4.78, 5) is 11.9. The zero-order chi connectivity index (χ0) is 18.0. The van der Waals surface area contributed by atoms with Crippen LogP contribution in [0.15, 0.2) is 18.2 Å². The van der Waals surface area contributed by atoms with Gasteiger partial charge in [-0.1, -0.05) is 13.3 Å². The van der Waals surface area contributed by atoms with Crippen LogP contribution in [-0.4, -0.2) is 31.2 Å². The van der Waals surface area contributed by atoms with E-state index in [1.54, 1.807) is 0 Å². The first-order valence-corrected chi connectivity index (χ1v) is 8.87. The Morgan fingerprint density at radius 1 is 1.17 bits per heavy atom. The van der Waals surface area contributed by atoms with Crippen molar-refractivity contribution in [3.63, 3.8) is 0 Å². The van der Waals surface area contributed by atoms with Crippen molar-refractivity contribution < 1.29 is 19.6 Å². The second-order valence-corrected chi connectivity index (χ2v) is 6.94. The minimum Gasteiger partial charge on any atom is -0.490 e. The molecule has 1 aromatic rings. The third-order valence-corrected chi connectivity index (χ3v) is 3.32. The Morgan fingerprint density at radius 2 is 1.92 bits per heavy atom. The predicted octanol–water partition coefficient (Wildman–Crippen LogP) is 2.24. The average Bonchev–Trinajstić information content (AvgIpc) is 2.49. The van der Waals surface area contributed by atoms with Gasteiger partial charge in [-0.05, 0) is 52.3 Å². The fourth-order valence-electron chi connectivity index (χ4n) is 2.28. The highest BCUT2D eigenvalue weighted by Crippen LogP contribution is 2.28. The van der Waals surface area contributed by atoms with Crippen molar-refractivity contribution >= 4 is 5.91 Å². The summed E-state index contributed by atoms with van der Waals surface area (Å²) in [7, 11) is 0. The monoisotopic (exact) mass is 337 g/mol. The normalized spacial score (nSPS) is 11.2. The Kier molecular flexibility index (Phi) is 8.61. The van der Waals surface area contributed by atoms with E-state index in [1.165, 1.54) is 18.4 Å². The maximum atomic E-state index is 11.9. The molecule has 0 saturated heterocycles. The lowest BCUT2D eigenvalue weighted by atomic mass is 10.1. The van der Waals surface area contributed by atoms with Crippen LogP contribution < -0.4 is 20.1 Å². The minimum absolute atomic E-state index is 0.0146. The molecule has 1 amide bonds. The Hall–Kier alpha value is -1.75. The van der Waals surface area contributed by atoms with Gasteiger partial charge in [0.05, 0.1) is 13.2 Å². The third kappa shape index (κ3) is 8.20. The number of rotatable bonds is 10. The van der Waals surface area contributed by atoms with E-state index in [1.807, 2.05) is 45.9 Å². The van der Waals surface area contributed by atoms with E-state index in [9.17, 15) is 4.79 Å². The van der Waals surface area contributed by atoms with Crippen LogP contribution >= 0.6 is 0 Å². The highest BCUT2D eigenvalue weighted by atomic mass is 16.5. The van der Waals surface area contributed by atoms with Gasteiger partial charge in [0.1, 0.15) is 6.54 Å². The van der Waals surface area contributed by atoms with Gasteiger partial charge in [-0.2, -0.15) is 0 Å². The quantitative estimate of drug-likeness (QED) is 0.644. The van der Waals surface area contributed by atoms with Gasteiger partial charge in [-0.3, -0.25) is 4.79 Å². The van der Waals surface area contributed by atoms with Crippen LogP contribution in [-0.2, 0) is 11.3 Å². The largest absolute Gasteiger partial charge is 0.490 e. The lowest BCUT2D eigenvalue weighted by molar-refractivity contribution is -0.670. The molecule has 0 atom stereocenters. The molecule has 3 N–H and O–H groups in total. The molecule has 0 bridgehead atoms. The van der Waals surface area contributed by atoms with Gasteiger partial charge in [-0.15, -0.1) is 0 Å². The van der Waals surface area contributed by atoms with E-state index in [0.29, 0.717) is 18.1 Å². The van der Waals surface area contributed by atoms with E-state index in [4.69, 9.17) is 9.47 Å². The van der Waals surface area contributed by atoms with Crippen LogP contribution in [0.2, 0.25) is 0 Å². The van der Waals surface area contributed by atoms with Gasteiger partial charge >= 0.3 is 0 Å². The summed E-state index contributed by atoms with van der Waals surface area (Å²) < 4.78 is 11.3. The van der Waals surface area contributed by atoms with Crippen LogP contribution in [0.5, 0.6) is 11.5 Å². The third-order valence-electron chi connectivity index (χ3n) is 3.32. The molecule has 0 aromatic heterocycles. The van der Waals surface area contributed by atoms with Gasteiger partial charge < -0.3 is 20.1 Å². The molecule has 1 aromatic carbocycles. The van der Waals surface area contributed by atoms with E-state index in [0.717, 1.165) is 13.1 Å². The zero-order valence-corrected chi connectivity index (χ0v) is 15.8. The molecule has 0 spiro atoms. The van der Waals surface area contributed by atoms with Crippen LogP contribution in [0.3, 0.4) is 0 Å². The van der Waals surface area contributed by atoms with Crippen molar-refractivity contribution in [1.82, 2.24) is 5.32 Å². The molecule has 136 valence electrons. The summed E-state index contributed by atoms with van der Waals surface area (Å²) in [5.74, 6) is 1.17. The van der Waals surface area contributed by atoms with Crippen molar-refractivity contribution in [1.29, 1.82) is 0 Å². The molecule has 0 aliphatic rings. The fraction of sp³-hybridized carbons (Fsp3) is 0.632. The molecule has 0 radical (unpaired) electrons. The molecule has 24 heavy (non-hydrogen) atoms. The van der Waals surface area contributed by atoms with Crippen molar-refractivity contribution in [3.05, 3.63) is 23.8 Å². The average molecular weight is 337 g/mol. The molecular formula is C19H33N2O3+. The summed E-state index contributed by atoms with van der Waals surface area (Å²) in [5, 5.41) is 5.18. The first-order valence-electron chi connectivity index (χ1n) is 8.87. The molecule has 5 nitrogen and oxygen atoms in total. The van der Waals surface area contributed by atoms with E-state index >= 15 is 0 Å². The number of hydrogen-bond acceptors (Lipinski definition) is 3. The fourth-order valence-corrected chi connectivity index (χ4v) is 2.28. The summed E-state index contributed by atoms with van der Waals surface area (Å²) in [6.45, 7) is 12.6. The Bertz CT molecular complexity index is 510. The maximum absolute atomic E-state index is 11.9. The van der Waals surface area contributed by atoms with Crippen LogP contribution in [0.25, 0.3) is 0 Å². The molecule has 0 saturated carbocycles. The SMILES string of the molecule is CCCC[NH2+]Cc1ccc(OCC(=O)NC(C)(C)C)c(OCC)c1. The predicted molar refractivity (Wildman–Crippen MR) is 96.4 cm³/mol. The molecular weight excluding hydrogens is 304 g/mol. The van der Waals surface area contributed by atoms with E-state index in [2.05, 4.69) is 17.6 Å². The molecule has 1 rings (SSSR count). The summed E-state index contributed by atoms with van der Waals surface area (Å²) >= 11 is 0. The van der Waals surface area contributed by atoms with Gasteiger partial charge in [0.15, 0.2) is 18.1 Å². The summed E-state index contributed by atoms with van der Waals surface area (Å²) in [6.07, 6.45) is 2.44. The summed E-state index contributed by atoms with van der Waals surface area (Å²) in [6, 6.07) is 5.92. The Balaban J connectivity index is 2.64. The van der Waals surface area contributed by atoms with Crippen LogP contribution in [0.1, 0.15) is 53.0 Å². The Labute approximate surface area is 146 Å². The number of ether oxygens (including phenoxy) is 2. The number of carbonyl (C=O) groups excluding carboxylic acids is 1. The first-order chi connectivity index (χ1) is 11.4.